The highest BCUT2D eigenvalue weighted by atomic mass is 32.1. The van der Waals surface area contributed by atoms with E-state index in [0.717, 1.165) is 11.3 Å². The standard InChI is InChI=1S/C18H21N3O5S/c1-4-25-17(23)9-14-11-27-18(19-14)20-16(22)10-26-21-12(2)13-5-7-15(24-3)8-6-13/h5-8,11H,4,9-10H2,1-3H3,(H,19,20,22). The van der Waals surface area contributed by atoms with E-state index in [2.05, 4.69) is 15.5 Å². The Hall–Kier alpha value is -2.94. The number of amides is 1. The largest absolute Gasteiger partial charge is 0.497 e. The molecule has 0 radical (unpaired) electrons. The van der Waals surface area contributed by atoms with Gasteiger partial charge in [0, 0.05) is 5.38 Å². The summed E-state index contributed by atoms with van der Waals surface area (Å²) < 4.78 is 9.96. The van der Waals surface area contributed by atoms with Crippen molar-refractivity contribution in [3.8, 4) is 5.75 Å². The Kier molecular flexibility index (Phi) is 7.75. The zero-order valence-electron chi connectivity index (χ0n) is 15.4. The molecular formula is C18H21N3O5S. The zero-order valence-corrected chi connectivity index (χ0v) is 16.2. The molecule has 0 aliphatic rings. The fourth-order valence-electron chi connectivity index (χ4n) is 2.03. The van der Waals surface area contributed by atoms with Crippen LogP contribution in [0.25, 0.3) is 0 Å². The molecule has 0 saturated heterocycles. The number of rotatable bonds is 9. The molecule has 0 saturated carbocycles. The van der Waals surface area contributed by atoms with Crippen LogP contribution in [-0.2, 0) is 25.6 Å². The second kappa shape index (κ2) is 10.3. The molecule has 9 heteroatoms. The van der Waals surface area contributed by atoms with E-state index in [4.69, 9.17) is 14.3 Å². The molecule has 1 heterocycles. The van der Waals surface area contributed by atoms with Crippen LogP contribution in [0.4, 0.5) is 5.13 Å². The Bertz CT molecular complexity index is 802. The molecule has 8 nitrogen and oxygen atoms in total. The number of anilines is 1. The number of benzene rings is 1. The Morgan fingerprint density at radius 1 is 1.26 bits per heavy atom. The number of nitrogens with one attached hydrogen (secondary N) is 1. The molecule has 1 aromatic heterocycles. The molecule has 27 heavy (non-hydrogen) atoms. The summed E-state index contributed by atoms with van der Waals surface area (Å²) in [5.74, 6) is 0.00305. The van der Waals surface area contributed by atoms with Gasteiger partial charge in [-0.05, 0) is 43.7 Å². The molecule has 1 aromatic carbocycles. The van der Waals surface area contributed by atoms with Crippen molar-refractivity contribution in [3.63, 3.8) is 0 Å². The minimum Gasteiger partial charge on any atom is -0.497 e. The quantitative estimate of drug-likeness (QED) is 0.401. The summed E-state index contributed by atoms with van der Waals surface area (Å²) in [5, 5.41) is 8.62. The highest BCUT2D eigenvalue weighted by molar-refractivity contribution is 7.13. The second-order valence-corrected chi connectivity index (χ2v) is 6.21. The van der Waals surface area contributed by atoms with E-state index in [0.29, 0.717) is 23.1 Å². The van der Waals surface area contributed by atoms with E-state index in [1.165, 1.54) is 11.3 Å². The topological polar surface area (TPSA) is 99.1 Å². The summed E-state index contributed by atoms with van der Waals surface area (Å²) >= 11 is 1.22. The van der Waals surface area contributed by atoms with Gasteiger partial charge in [-0.1, -0.05) is 5.16 Å². The van der Waals surface area contributed by atoms with Crippen LogP contribution in [0.5, 0.6) is 5.75 Å². The van der Waals surface area contributed by atoms with Crippen LogP contribution in [-0.4, -0.2) is 42.9 Å². The monoisotopic (exact) mass is 391 g/mol. The Morgan fingerprint density at radius 2 is 2.00 bits per heavy atom. The summed E-state index contributed by atoms with van der Waals surface area (Å²) in [6.45, 7) is 3.59. The summed E-state index contributed by atoms with van der Waals surface area (Å²) in [5.41, 5.74) is 2.04. The maximum atomic E-state index is 11.9. The van der Waals surface area contributed by atoms with Crippen LogP contribution < -0.4 is 10.1 Å². The predicted molar refractivity (Wildman–Crippen MR) is 102 cm³/mol. The molecule has 144 valence electrons. The molecule has 0 fully saturated rings. The third-order valence-electron chi connectivity index (χ3n) is 3.33. The number of ether oxygens (including phenoxy) is 2. The Labute approximate surface area is 161 Å². The number of nitrogens with zero attached hydrogens (tertiary/aromatic N) is 2. The number of esters is 1. The van der Waals surface area contributed by atoms with Crippen LogP contribution in [0.1, 0.15) is 25.1 Å². The maximum Gasteiger partial charge on any atom is 0.311 e. The Morgan fingerprint density at radius 3 is 2.67 bits per heavy atom. The summed E-state index contributed by atoms with van der Waals surface area (Å²) in [4.78, 5) is 32.6. The van der Waals surface area contributed by atoms with Crippen molar-refractivity contribution in [2.24, 2.45) is 5.16 Å². The van der Waals surface area contributed by atoms with E-state index in [9.17, 15) is 9.59 Å². The molecule has 0 atom stereocenters. The van der Waals surface area contributed by atoms with Crippen molar-refractivity contribution >= 4 is 34.1 Å². The smallest absolute Gasteiger partial charge is 0.311 e. The molecule has 0 aliphatic carbocycles. The number of hydrogen-bond donors (Lipinski definition) is 1. The summed E-state index contributed by atoms with van der Waals surface area (Å²) in [6.07, 6.45) is 0.0715. The number of oxime groups is 1. The van der Waals surface area contributed by atoms with Gasteiger partial charge < -0.3 is 14.3 Å². The maximum absolute atomic E-state index is 11.9. The lowest BCUT2D eigenvalue weighted by molar-refractivity contribution is -0.142. The fourth-order valence-corrected chi connectivity index (χ4v) is 2.76. The summed E-state index contributed by atoms with van der Waals surface area (Å²) in [7, 11) is 1.60. The Balaban J connectivity index is 1.80. The van der Waals surface area contributed by atoms with E-state index in [1.807, 2.05) is 24.3 Å². The normalized spacial score (nSPS) is 11.0. The molecule has 0 bridgehead atoms. The first-order valence-corrected chi connectivity index (χ1v) is 9.10. The van der Waals surface area contributed by atoms with Crippen LogP contribution in [0.15, 0.2) is 34.8 Å². The van der Waals surface area contributed by atoms with Crippen molar-refractivity contribution in [2.75, 3.05) is 25.6 Å². The van der Waals surface area contributed by atoms with Crippen molar-refractivity contribution < 1.29 is 23.9 Å². The lowest BCUT2D eigenvalue weighted by atomic mass is 10.1. The lowest BCUT2D eigenvalue weighted by Gasteiger charge is -2.04. The van der Waals surface area contributed by atoms with Crippen molar-refractivity contribution in [1.82, 2.24) is 4.98 Å². The van der Waals surface area contributed by atoms with Gasteiger partial charge in [0.1, 0.15) is 5.75 Å². The van der Waals surface area contributed by atoms with E-state index in [1.54, 1.807) is 26.3 Å². The van der Waals surface area contributed by atoms with Gasteiger partial charge >= 0.3 is 5.97 Å². The number of methoxy groups -OCH3 is 1. The van der Waals surface area contributed by atoms with Crippen LogP contribution in [0, 0.1) is 0 Å². The number of carbonyl (C=O) groups is 2. The first-order chi connectivity index (χ1) is 13.0. The average molecular weight is 391 g/mol. The molecule has 1 amide bonds. The molecule has 1 N–H and O–H groups in total. The van der Waals surface area contributed by atoms with Gasteiger partial charge in [-0.3, -0.25) is 14.9 Å². The number of thiazole rings is 1. The van der Waals surface area contributed by atoms with Crippen LogP contribution in [0.3, 0.4) is 0 Å². The highest BCUT2D eigenvalue weighted by Crippen LogP contribution is 2.16. The molecule has 0 unspecified atom stereocenters. The van der Waals surface area contributed by atoms with Crippen LogP contribution >= 0.6 is 11.3 Å². The van der Waals surface area contributed by atoms with Gasteiger partial charge in [0.2, 0.25) is 0 Å². The minimum absolute atomic E-state index is 0.0715. The van der Waals surface area contributed by atoms with E-state index < -0.39 is 5.91 Å². The van der Waals surface area contributed by atoms with Crippen molar-refractivity contribution in [3.05, 3.63) is 40.9 Å². The molecular weight excluding hydrogens is 370 g/mol. The minimum atomic E-state index is -0.390. The second-order valence-electron chi connectivity index (χ2n) is 5.35. The molecule has 0 aliphatic heterocycles. The van der Waals surface area contributed by atoms with Gasteiger partial charge in [-0.15, -0.1) is 11.3 Å². The van der Waals surface area contributed by atoms with Gasteiger partial charge in [-0.2, -0.15) is 0 Å². The fraction of sp³-hybridized carbons (Fsp3) is 0.333. The van der Waals surface area contributed by atoms with Gasteiger partial charge in [0.15, 0.2) is 11.7 Å². The SMILES string of the molecule is CCOC(=O)Cc1csc(NC(=O)CON=C(C)c2ccc(OC)cc2)n1. The van der Waals surface area contributed by atoms with Crippen LogP contribution in [0.2, 0.25) is 0 Å². The molecule has 0 spiro atoms. The van der Waals surface area contributed by atoms with Crippen molar-refractivity contribution in [2.45, 2.75) is 20.3 Å². The predicted octanol–water partition coefficient (Wildman–Crippen LogP) is 2.64. The summed E-state index contributed by atoms with van der Waals surface area (Å²) in [6, 6.07) is 7.33. The van der Waals surface area contributed by atoms with E-state index >= 15 is 0 Å². The molecule has 2 aromatic rings. The zero-order chi connectivity index (χ0) is 19.6. The highest BCUT2D eigenvalue weighted by Gasteiger charge is 2.11. The third-order valence-corrected chi connectivity index (χ3v) is 4.14. The number of hydrogen-bond acceptors (Lipinski definition) is 8. The number of aromatic nitrogens is 1. The van der Waals surface area contributed by atoms with Gasteiger partial charge in [-0.25, -0.2) is 4.98 Å². The molecule has 2 rings (SSSR count). The number of carbonyl (C=O) groups excluding carboxylic acids is 2. The lowest BCUT2D eigenvalue weighted by Crippen LogP contribution is -2.17. The average Bonchev–Trinajstić information content (AvgIpc) is 3.08. The van der Waals surface area contributed by atoms with E-state index in [-0.39, 0.29) is 19.0 Å². The first kappa shape index (κ1) is 20.4. The van der Waals surface area contributed by atoms with Crippen molar-refractivity contribution in [1.29, 1.82) is 0 Å². The first-order valence-electron chi connectivity index (χ1n) is 8.22. The van der Waals surface area contributed by atoms with Gasteiger partial charge in [0.25, 0.3) is 5.91 Å². The van der Waals surface area contributed by atoms with Gasteiger partial charge in [0.05, 0.1) is 31.5 Å². The third kappa shape index (κ3) is 6.70.